The molecule has 1 saturated heterocycles. The molecule has 104 valence electrons. The molecule has 2 rings (SSSR count). The Morgan fingerprint density at radius 1 is 1.42 bits per heavy atom. The molecule has 0 bridgehead atoms. The molecule has 5 heteroatoms. The van der Waals surface area contributed by atoms with Crippen LogP contribution in [-0.2, 0) is 0 Å². The van der Waals surface area contributed by atoms with E-state index < -0.39 is 11.4 Å². The highest BCUT2D eigenvalue weighted by Gasteiger charge is 2.29. The van der Waals surface area contributed by atoms with Crippen molar-refractivity contribution >= 4 is 17.7 Å². The standard InChI is InChI=1S/C14H18FNO2S/c1-10-6-11(8-12(15)7-10)13(17)16-9-14(18)2-4-19-5-3-14/h6-8,18H,2-5,9H2,1H3,(H,16,17). The van der Waals surface area contributed by atoms with Gasteiger partial charge in [0.25, 0.3) is 5.91 Å². The van der Waals surface area contributed by atoms with Gasteiger partial charge in [-0.15, -0.1) is 0 Å². The van der Waals surface area contributed by atoms with Crippen molar-refractivity contribution in [1.82, 2.24) is 5.32 Å². The maximum absolute atomic E-state index is 13.2. The number of aryl methyl sites for hydroxylation is 1. The lowest BCUT2D eigenvalue weighted by atomic mass is 9.96. The molecule has 1 aliphatic heterocycles. The third-order valence-corrected chi connectivity index (χ3v) is 4.29. The number of benzene rings is 1. The van der Waals surface area contributed by atoms with Gasteiger partial charge in [0, 0.05) is 12.1 Å². The van der Waals surface area contributed by atoms with Gasteiger partial charge >= 0.3 is 0 Å². The summed E-state index contributed by atoms with van der Waals surface area (Å²) in [4.78, 5) is 11.9. The van der Waals surface area contributed by atoms with Gasteiger partial charge in [0.1, 0.15) is 5.82 Å². The van der Waals surface area contributed by atoms with Crippen molar-refractivity contribution in [2.75, 3.05) is 18.1 Å². The van der Waals surface area contributed by atoms with Crippen LogP contribution in [0, 0.1) is 12.7 Å². The van der Waals surface area contributed by atoms with Crippen LogP contribution in [0.1, 0.15) is 28.8 Å². The normalized spacial score (nSPS) is 18.1. The second-order valence-electron chi connectivity index (χ2n) is 5.04. The quantitative estimate of drug-likeness (QED) is 0.893. The number of hydrogen-bond acceptors (Lipinski definition) is 3. The van der Waals surface area contributed by atoms with Crippen LogP contribution in [0.25, 0.3) is 0 Å². The zero-order valence-electron chi connectivity index (χ0n) is 10.9. The summed E-state index contributed by atoms with van der Waals surface area (Å²) in [5, 5.41) is 13.0. The SMILES string of the molecule is Cc1cc(F)cc(C(=O)NCC2(O)CCSCC2)c1. The Kier molecular flexibility index (Phi) is 4.47. The number of carbonyl (C=O) groups is 1. The topological polar surface area (TPSA) is 49.3 Å². The van der Waals surface area contributed by atoms with Crippen LogP contribution >= 0.6 is 11.8 Å². The zero-order valence-corrected chi connectivity index (χ0v) is 11.7. The molecule has 0 saturated carbocycles. The monoisotopic (exact) mass is 283 g/mol. The fourth-order valence-corrected chi connectivity index (χ4v) is 3.40. The molecular weight excluding hydrogens is 265 g/mol. The van der Waals surface area contributed by atoms with E-state index in [1.54, 1.807) is 13.0 Å². The van der Waals surface area contributed by atoms with Gasteiger partial charge in [-0.1, -0.05) is 0 Å². The van der Waals surface area contributed by atoms with Crippen LogP contribution < -0.4 is 5.32 Å². The molecule has 3 nitrogen and oxygen atoms in total. The smallest absolute Gasteiger partial charge is 0.251 e. The summed E-state index contributed by atoms with van der Waals surface area (Å²) in [6.07, 6.45) is 1.36. The maximum atomic E-state index is 13.2. The average molecular weight is 283 g/mol. The van der Waals surface area contributed by atoms with Crippen molar-refractivity contribution < 1.29 is 14.3 Å². The van der Waals surface area contributed by atoms with Gasteiger partial charge in [-0.25, -0.2) is 4.39 Å². The van der Waals surface area contributed by atoms with E-state index in [0.29, 0.717) is 24.0 Å². The maximum Gasteiger partial charge on any atom is 0.251 e. The second-order valence-corrected chi connectivity index (χ2v) is 6.26. The molecule has 1 aromatic carbocycles. The van der Waals surface area contributed by atoms with Crippen LogP contribution in [-0.4, -0.2) is 34.7 Å². The first kappa shape index (κ1) is 14.3. The van der Waals surface area contributed by atoms with E-state index in [4.69, 9.17) is 0 Å². The highest BCUT2D eigenvalue weighted by molar-refractivity contribution is 7.99. The average Bonchev–Trinajstić information content (AvgIpc) is 2.36. The highest BCUT2D eigenvalue weighted by atomic mass is 32.2. The van der Waals surface area contributed by atoms with Gasteiger partial charge < -0.3 is 10.4 Å². The predicted molar refractivity (Wildman–Crippen MR) is 75.0 cm³/mol. The molecule has 0 unspecified atom stereocenters. The summed E-state index contributed by atoms with van der Waals surface area (Å²) in [6.45, 7) is 1.97. The van der Waals surface area contributed by atoms with E-state index in [0.717, 1.165) is 11.5 Å². The molecule has 1 heterocycles. The van der Waals surface area contributed by atoms with Gasteiger partial charge in [0.15, 0.2) is 0 Å². The number of hydrogen-bond donors (Lipinski definition) is 2. The number of nitrogens with one attached hydrogen (secondary N) is 1. The molecule has 0 aromatic heterocycles. The Labute approximate surface area is 116 Å². The second kappa shape index (κ2) is 5.92. The largest absolute Gasteiger partial charge is 0.388 e. The van der Waals surface area contributed by atoms with Crippen molar-refractivity contribution in [3.63, 3.8) is 0 Å². The van der Waals surface area contributed by atoms with E-state index in [1.165, 1.54) is 12.1 Å². The van der Waals surface area contributed by atoms with Crippen LogP contribution in [0.15, 0.2) is 18.2 Å². The van der Waals surface area contributed by atoms with Crippen molar-refractivity contribution in [3.05, 3.63) is 35.1 Å². The third kappa shape index (κ3) is 3.94. The molecule has 0 radical (unpaired) electrons. The fourth-order valence-electron chi connectivity index (χ4n) is 2.14. The molecule has 1 amide bonds. The molecular formula is C14H18FNO2S. The molecule has 2 N–H and O–H groups in total. The Morgan fingerprint density at radius 3 is 2.74 bits per heavy atom. The summed E-state index contributed by atoms with van der Waals surface area (Å²) < 4.78 is 13.2. The van der Waals surface area contributed by atoms with Crippen LogP contribution in [0.4, 0.5) is 4.39 Å². The molecule has 1 aromatic rings. The van der Waals surface area contributed by atoms with Crippen LogP contribution in [0.5, 0.6) is 0 Å². The van der Waals surface area contributed by atoms with Gasteiger partial charge in [-0.2, -0.15) is 11.8 Å². The van der Waals surface area contributed by atoms with E-state index in [9.17, 15) is 14.3 Å². The Morgan fingerprint density at radius 2 is 2.11 bits per heavy atom. The predicted octanol–water partition coefficient (Wildman–Crippen LogP) is 2.12. The molecule has 0 spiro atoms. The summed E-state index contributed by atoms with van der Waals surface area (Å²) in [6, 6.07) is 4.23. The van der Waals surface area contributed by atoms with Gasteiger partial charge in [-0.3, -0.25) is 4.79 Å². The Bertz CT molecular complexity index is 452. The summed E-state index contributed by atoms with van der Waals surface area (Å²) >= 11 is 1.81. The zero-order chi connectivity index (χ0) is 13.9. The summed E-state index contributed by atoms with van der Waals surface area (Å²) in [5.74, 6) is 1.06. The first-order chi connectivity index (χ1) is 8.98. The summed E-state index contributed by atoms with van der Waals surface area (Å²) in [7, 11) is 0. The first-order valence-corrected chi connectivity index (χ1v) is 7.50. The first-order valence-electron chi connectivity index (χ1n) is 6.34. The lowest BCUT2D eigenvalue weighted by Gasteiger charge is -2.31. The van der Waals surface area contributed by atoms with Crippen molar-refractivity contribution in [3.8, 4) is 0 Å². The number of aliphatic hydroxyl groups is 1. The van der Waals surface area contributed by atoms with E-state index in [2.05, 4.69) is 5.32 Å². The lowest BCUT2D eigenvalue weighted by molar-refractivity contribution is 0.0311. The van der Waals surface area contributed by atoms with Gasteiger partial charge in [-0.05, 0) is 55.0 Å². The minimum atomic E-state index is -0.816. The van der Waals surface area contributed by atoms with Gasteiger partial charge in [0.05, 0.1) is 5.60 Å². The number of amides is 1. The minimum Gasteiger partial charge on any atom is -0.388 e. The molecule has 0 aliphatic carbocycles. The Hall–Kier alpha value is -1.07. The fraction of sp³-hybridized carbons (Fsp3) is 0.500. The number of thioether (sulfide) groups is 1. The molecule has 1 aliphatic rings. The van der Waals surface area contributed by atoms with Crippen molar-refractivity contribution in [1.29, 1.82) is 0 Å². The molecule has 0 atom stereocenters. The van der Waals surface area contributed by atoms with E-state index >= 15 is 0 Å². The van der Waals surface area contributed by atoms with Crippen molar-refractivity contribution in [2.45, 2.75) is 25.4 Å². The van der Waals surface area contributed by atoms with Gasteiger partial charge in [0.2, 0.25) is 0 Å². The van der Waals surface area contributed by atoms with E-state index in [1.807, 2.05) is 11.8 Å². The minimum absolute atomic E-state index is 0.224. The highest BCUT2D eigenvalue weighted by Crippen LogP contribution is 2.26. The Balaban J connectivity index is 1.97. The van der Waals surface area contributed by atoms with Crippen LogP contribution in [0.3, 0.4) is 0 Å². The number of carbonyl (C=O) groups excluding carboxylic acids is 1. The number of rotatable bonds is 3. The lowest BCUT2D eigenvalue weighted by Crippen LogP contribution is -2.45. The van der Waals surface area contributed by atoms with E-state index in [-0.39, 0.29) is 12.5 Å². The molecule has 19 heavy (non-hydrogen) atoms. The van der Waals surface area contributed by atoms with Crippen molar-refractivity contribution in [2.24, 2.45) is 0 Å². The van der Waals surface area contributed by atoms with Crippen LogP contribution in [0.2, 0.25) is 0 Å². The summed E-state index contributed by atoms with van der Waals surface area (Å²) in [5.41, 5.74) is 0.188. The third-order valence-electron chi connectivity index (χ3n) is 3.31. The number of halogens is 1. The molecule has 1 fully saturated rings.